The molecule has 1 aromatic heterocycles. The number of morpholine rings is 1. The van der Waals surface area contributed by atoms with Crippen LogP contribution in [0.1, 0.15) is 31.6 Å². The Balaban J connectivity index is 1.60. The van der Waals surface area contributed by atoms with E-state index in [9.17, 15) is 5.11 Å². The summed E-state index contributed by atoms with van der Waals surface area (Å²) in [6.45, 7) is 7.95. The third-order valence-electron chi connectivity index (χ3n) is 4.59. The SMILES string of the molecule is CCC(O)c1ccc(N2CCC(N3CCOCC3)C2)cn1. The minimum atomic E-state index is -0.446. The highest BCUT2D eigenvalue weighted by atomic mass is 16.5. The van der Waals surface area contributed by atoms with Crippen LogP contribution < -0.4 is 4.90 Å². The summed E-state index contributed by atoms with van der Waals surface area (Å²) in [5, 5.41) is 9.80. The highest BCUT2D eigenvalue weighted by molar-refractivity contribution is 5.46. The molecule has 0 spiro atoms. The molecule has 2 fully saturated rings. The van der Waals surface area contributed by atoms with Crippen LogP contribution in [-0.2, 0) is 4.74 Å². The first kappa shape index (κ1) is 14.8. The molecular formula is C16H25N3O2. The molecule has 0 aliphatic carbocycles. The normalized spacial score (nSPS) is 25.2. The molecule has 3 heterocycles. The molecule has 0 aromatic carbocycles. The second kappa shape index (κ2) is 6.73. The van der Waals surface area contributed by atoms with Gasteiger partial charge in [-0.25, -0.2) is 0 Å². The van der Waals surface area contributed by atoms with Gasteiger partial charge in [0.1, 0.15) is 0 Å². The van der Waals surface area contributed by atoms with Gasteiger partial charge in [0, 0.05) is 32.2 Å². The lowest BCUT2D eigenvalue weighted by molar-refractivity contribution is 0.0209. The predicted octanol–water partition coefficient (Wildman–Crippen LogP) is 1.44. The van der Waals surface area contributed by atoms with Gasteiger partial charge in [0.2, 0.25) is 0 Å². The van der Waals surface area contributed by atoms with Crippen molar-refractivity contribution in [2.24, 2.45) is 0 Å². The molecular weight excluding hydrogens is 266 g/mol. The maximum atomic E-state index is 9.80. The van der Waals surface area contributed by atoms with Gasteiger partial charge in [-0.05, 0) is 25.0 Å². The van der Waals surface area contributed by atoms with Gasteiger partial charge in [-0.1, -0.05) is 6.92 Å². The number of hydrogen-bond acceptors (Lipinski definition) is 5. The zero-order valence-corrected chi connectivity index (χ0v) is 12.7. The molecule has 0 bridgehead atoms. The summed E-state index contributed by atoms with van der Waals surface area (Å²) in [5.41, 5.74) is 1.93. The van der Waals surface area contributed by atoms with Gasteiger partial charge >= 0.3 is 0 Å². The number of hydrogen-bond donors (Lipinski definition) is 1. The van der Waals surface area contributed by atoms with Gasteiger partial charge in [-0.3, -0.25) is 9.88 Å². The molecule has 5 nitrogen and oxygen atoms in total. The Kier molecular flexibility index (Phi) is 4.73. The van der Waals surface area contributed by atoms with Crippen molar-refractivity contribution < 1.29 is 9.84 Å². The zero-order chi connectivity index (χ0) is 14.7. The summed E-state index contributed by atoms with van der Waals surface area (Å²) < 4.78 is 5.43. The van der Waals surface area contributed by atoms with Crippen molar-refractivity contribution in [2.45, 2.75) is 31.9 Å². The number of aliphatic hydroxyl groups excluding tert-OH is 1. The molecule has 5 heteroatoms. The minimum Gasteiger partial charge on any atom is -0.387 e. The van der Waals surface area contributed by atoms with Crippen LogP contribution in [0, 0.1) is 0 Å². The van der Waals surface area contributed by atoms with Gasteiger partial charge < -0.3 is 14.7 Å². The molecule has 2 unspecified atom stereocenters. The van der Waals surface area contributed by atoms with Crippen molar-refractivity contribution in [1.82, 2.24) is 9.88 Å². The van der Waals surface area contributed by atoms with Gasteiger partial charge in [-0.15, -0.1) is 0 Å². The highest BCUT2D eigenvalue weighted by Gasteiger charge is 2.28. The van der Waals surface area contributed by atoms with Crippen molar-refractivity contribution in [2.75, 3.05) is 44.3 Å². The first-order valence-electron chi connectivity index (χ1n) is 7.98. The number of rotatable bonds is 4. The molecule has 116 valence electrons. The Morgan fingerprint density at radius 1 is 1.33 bits per heavy atom. The van der Waals surface area contributed by atoms with E-state index in [1.165, 1.54) is 6.42 Å². The summed E-state index contributed by atoms with van der Waals surface area (Å²) in [4.78, 5) is 9.35. The molecule has 2 saturated heterocycles. The summed E-state index contributed by atoms with van der Waals surface area (Å²) >= 11 is 0. The van der Waals surface area contributed by atoms with Crippen LogP contribution in [0.4, 0.5) is 5.69 Å². The molecule has 21 heavy (non-hydrogen) atoms. The van der Waals surface area contributed by atoms with E-state index in [-0.39, 0.29) is 0 Å². The van der Waals surface area contributed by atoms with E-state index in [2.05, 4.69) is 20.9 Å². The minimum absolute atomic E-state index is 0.446. The van der Waals surface area contributed by atoms with Crippen molar-refractivity contribution in [1.29, 1.82) is 0 Å². The second-order valence-corrected chi connectivity index (χ2v) is 5.90. The number of ether oxygens (including phenoxy) is 1. The number of aliphatic hydroxyl groups is 1. The van der Waals surface area contributed by atoms with Gasteiger partial charge in [0.15, 0.2) is 0 Å². The molecule has 1 aromatic rings. The Morgan fingerprint density at radius 3 is 2.81 bits per heavy atom. The average molecular weight is 291 g/mol. The van der Waals surface area contributed by atoms with Crippen LogP contribution in [0.15, 0.2) is 18.3 Å². The first-order valence-corrected chi connectivity index (χ1v) is 7.98. The third-order valence-corrected chi connectivity index (χ3v) is 4.59. The smallest absolute Gasteiger partial charge is 0.0957 e. The number of pyridine rings is 1. The quantitative estimate of drug-likeness (QED) is 0.909. The van der Waals surface area contributed by atoms with Crippen molar-refractivity contribution in [3.63, 3.8) is 0 Å². The average Bonchev–Trinajstić information content (AvgIpc) is 3.05. The lowest BCUT2D eigenvalue weighted by Gasteiger charge is -2.32. The van der Waals surface area contributed by atoms with E-state index in [1.54, 1.807) is 0 Å². The topological polar surface area (TPSA) is 48.8 Å². The molecule has 0 saturated carbocycles. The third kappa shape index (κ3) is 3.36. The van der Waals surface area contributed by atoms with E-state index in [0.717, 1.165) is 50.8 Å². The fraction of sp³-hybridized carbons (Fsp3) is 0.688. The fourth-order valence-corrected chi connectivity index (χ4v) is 3.21. The second-order valence-electron chi connectivity index (χ2n) is 5.90. The summed E-state index contributed by atoms with van der Waals surface area (Å²) in [6.07, 6.45) is 3.36. The van der Waals surface area contributed by atoms with Crippen molar-refractivity contribution >= 4 is 5.69 Å². The van der Waals surface area contributed by atoms with Crippen LogP contribution in [0.3, 0.4) is 0 Å². The Bertz CT molecular complexity index is 445. The molecule has 0 amide bonds. The number of anilines is 1. The van der Waals surface area contributed by atoms with Gasteiger partial charge in [0.05, 0.1) is 36.9 Å². The van der Waals surface area contributed by atoms with E-state index < -0.39 is 6.10 Å². The van der Waals surface area contributed by atoms with Gasteiger partial charge in [-0.2, -0.15) is 0 Å². The predicted molar refractivity (Wildman–Crippen MR) is 82.5 cm³/mol. The Hall–Kier alpha value is -1.17. The van der Waals surface area contributed by atoms with Crippen LogP contribution >= 0.6 is 0 Å². The molecule has 3 rings (SSSR count). The number of aromatic nitrogens is 1. The summed E-state index contributed by atoms with van der Waals surface area (Å²) in [7, 11) is 0. The maximum Gasteiger partial charge on any atom is 0.0957 e. The Morgan fingerprint density at radius 2 is 2.14 bits per heavy atom. The van der Waals surface area contributed by atoms with Crippen LogP contribution in [0.5, 0.6) is 0 Å². The van der Waals surface area contributed by atoms with Crippen LogP contribution in [-0.4, -0.2) is 60.4 Å². The lowest BCUT2D eigenvalue weighted by atomic mass is 10.2. The Labute approximate surface area is 126 Å². The largest absolute Gasteiger partial charge is 0.387 e. The summed E-state index contributed by atoms with van der Waals surface area (Å²) in [6, 6.07) is 4.67. The maximum absolute atomic E-state index is 9.80. The van der Waals surface area contributed by atoms with E-state index in [0.29, 0.717) is 12.5 Å². The van der Waals surface area contributed by atoms with Gasteiger partial charge in [0.25, 0.3) is 0 Å². The molecule has 0 radical (unpaired) electrons. The number of nitrogens with zero attached hydrogens (tertiary/aromatic N) is 3. The van der Waals surface area contributed by atoms with Crippen molar-refractivity contribution in [3.05, 3.63) is 24.0 Å². The van der Waals surface area contributed by atoms with Crippen molar-refractivity contribution in [3.8, 4) is 0 Å². The standard InChI is InChI=1S/C16H25N3O2/c1-2-16(20)15-4-3-13(11-17-15)19-6-5-14(12-19)18-7-9-21-10-8-18/h3-4,11,14,16,20H,2,5-10,12H2,1H3. The van der Waals surface area contributed by atoms with Crippen LogP contribution in [0.2, 0.25) is 0 Å². The molecule has 2 atom stereocenters. The zero-order valence-electron chi connectivity index (χ0n) is 12.7. The first-order chi connectivity index (χ1) is 10.3. The molecule has 1 N–H and O–H groups in total. The van der Waals surface area contributed by atoms with Crippen LogP contribution in [0.25, 0.3) is 0 Å². The van der Waals surface area contributed by atoms with E-state index in [4.69, 9.17) is 4.74 Å². The molecule has 2 aliphatic rings. The summed E-state index contributed by atoms with van der Waals surface area (Å²) in [5.74, 6) is 0. The monoisotopic (exact) mass is 291 g/mol. The fourth-order valence-electron chi connectivity index (χ4n) is 3.21. The van der Waals surface area contributed by atoms with E-state index in [1.807, 2.05) is 19.2 Å². The van der Waals surface area contributed by atoms with E-state index >= 15 is 0 Å². The lowest BCUT2D eigenvalue weighted by Crippen LogP contribution is -2.44. The highest BCUT2D eigenvalue weighted by Crippen LogP contribution is 2.24. The molecule has 2 aliphatic heterocycles.